The van der Waals surface area contributed by atoms with E-state index < -0.39 is 0 Å². The van der Waals surface area contributed by atoms with Crippen LogP contribution in [-0.4, -0.2) is 48.2 Å². The number of hydrogen-bond acceptors (Lipinski definition) is 3. The molecular formula is C13H25ClN2O2. The van der Waals surface area contributed by atoms with Gasteiger partial charge in [0.1, 0.15) is 0 Å². The van der Waals surface area contributed by atoms with Gasteiger partial charge >= 0.3 is 0 Å². The topological polar surface area (TPSA) is 52.6 Å². The van der Waals surface area contributed by atoms with Crippen molar-refractivity contribution in [2.45, 2.75) is 45.1 Å². The molecule has 1 amide bonds. The van der Waals surface area contributed by atoms with Crippen LogP contribution in [-0.2, 0) is 4.79 Å². The van der Waals surface area contributed by atoms with Crippen molar-refractivity contribution in [3.63, 3.8) is 0 Å². The van der Waals surface area contributed by atoms with E-state index in [0.717, 1.165) is 51.7 Å². The highest BCUT2D eigenvalue weighted by Crippen LogP contribution is 2.34. The van der Waals surface area contributed by atoms with Crippen molar-refractivity contribution in [3.05, 3.63) is 0 Å². The predicted octanol–water partition coefficient (Wildman–Crippen LogP) is 1.17. The molecular weight excluding hydrogens is 252 g/mol. The van der Waals surface area contributed by atoms with E-state index in [1.54, 1.807) is 0 Å². The van der Waals surface area contributed by atoms with Gasteiger partial charge in [-0.05, 0) is 44.1 Å². The monoisotopic (exact) mass is 276 g/mol. The van der Waals surface area contributed by atoms with Crippen molar-refractivity contribution in [1.82, 2.24) is 10.2 Å². The molecule has 1 atom stereocenters. The van der Waals surface area contributed by atoms with Gasteiger partial charge in [-0.15, -0.1) is 12.4 Å². The van der Waals surface area contributed by atoms with E-state index in [1.165, 1.54) is 0 Å². The Morgan fingerprint density at radius 3 is 2.56 bits per heavy atom. The quantitative estimate of drug-likeness (QED) is 0.814. The van der Waals surface area contributed by atoms with E-state index >= 15 is 0 Å². The van der Waals surface area contributed by atoms with Crippen LogP contribution in [0.3, 0.4) is 0 Å². The number of nitrogens with zero attached hydrogens (tertiary/aromatic N) is 1. The fourth-order valence-corrected chi connectivity index (χ4v) is 2.94. The van der Waals surface area contributed by atoms with E-state index in [4.69, 9.17) is 0 Å². The molecule has 1 unspecified atom stereocenters. The SMILES string of the molecule is CCC1(CO)CCN(C(=O)C2CCCN2)CC1.Cl. The Morgan fingerprint density at radius 1 is 1.44 bits per heavy atom. The molecule has 4 nitrogen and oxygen atoms in total. The van der Waals surface area contributed by atoms with Gasteiger partial charge in [-0.3, -0.25) is 4.79 Å². The van der Waals surface area contributed by atoms with E-state index in [1.807, 2.05) is 4.90 Å². The zero-order valence-electron chi connectivity index (χ0n) is 11.2. The van der Waals surface area contributed by atoms with E-state index in [-0.39, 0.29) is 36.4 Å². The van der Waals surface area contributed by atoms with Crippen LogP contribution in [0.25, 0.3) is 0 Å². The zero-order chi connectivity index (χ0) is 12.3. The van der Waals surface area contributed by atoms with Gasteiger partial charge in [0.05, 0.1) is 6.04 Å². The molecule has 0 aromatic heterocycles. The van der Waals surface area contributed by atoms with Crippen molar-refractivity contribution in [2.75, 3.05) is 26.2 Å². The number of nitrogens with one attached hydrogen (secondary N) is 1. The number of likely N-dealkylation sites (tertiary alicyclic amines) is 1. The first-order chi connectivity index (χ1) is 8.21. The lowest BCUT2D eigenvalue weighted by Gasteiger charge is -2.41. The maximum absolute atomic E-state index is 12.2. The summed E-state index contributed by atoms with van der Waals surface area (Å²) >= 11 is 0. The largest absolute Gasteiger partial charge is 0.396 e. The number of aliphatic hydroxyl groups excluding tert-OH is 1. The summed E-state index contributed by atoms with van der Waals surface area (Å²) in [6.45, 7) is 4.98. The van der Waals surface area contributed by atoms with Crippen LogP contribution < -0.4 is 5.32 Å². The lowest BCUT2D eigenvalue weighted by atomic mass is 9.77. The molecule has 0 bridgehead atoms. The zero-order valence-corrected chi connectivity index (χ0v) is 12.0. The summed E-state index contributed by atoms with van der Waals surface area (Å²) in [5.74, 6) is 0.269. The molecule has 0 radical (unpaired) electrons. The Hall–Kier alpha value is -0.320. The number of rotatable bonds is 3. The average Bonchev–Trinajstić information content (AvgIpc) is 2.92. The molecule has 2 heterocycles. The van der Waals surface area contributed by atoms with Gasteiger partial charge in [0.15, 0.2) is 0 Å². The lowest BCUT2D eigenvalue weighted by Crippen LogP contribution is -2.49. The molecule has 5 heteroatoms. The normalized spacial score (nSPS) is 26.8. The van der Waals surface area contributed by atoms with Crippen molar-refractivity contribution in [2.24, 2.45) is 5.41 Å². The number of piperidine rings is 1. The minimum Gasteiger partial charge on any atom is -0.396 e. The second-order valence-corrected chi connectivity index (χ2v) is 5.49. The lowest BCUT2D eigenvalue weighted by molar-refractivity contribution is -0.136. The molecule has 18 heavy (non-hydrogen) atoms. The van der Waals surface area contributed by atoms with Crippen LogP contribution in [0.4, 0.5) is 0 Å². The fourth-order valence-electron chi connectivity index (χ4n) is 2.94. The number of halogens is 1. The highest BCUT2D eigenvalue weighted by molar-refractivity contribution is 5.85. The Morgan fingerprint density at radius 2 is 2.11 bits per heavy atom. The number of carbonyl (C=O) groups excluding carboxylic acids is 1. The Kier molecular flexibility index (Phi) is 5.89. The number of hydrogen-bond donors (Lipinski definition) is 2. The van der Waals surface area contributed by atoms with Crippen LogP contribution in [0.15, 0.2) is 0 Å². The molecule has 0 spiro atoms. The Labute approximate surface area is 116 Å². The molecule has 2 saturated heterocycles. The molecule has 2 aliphatic heterocycles. The summed E-state index contributed by atoms with van der Waals surface area (Å²) in [5.41, 5.74) is 0.0693. The fraction of sp³-hybridized carbons (Fsp3) is 0.923. The van der Waals surface area contributed by atoms with Gasteiger partial charge in [-0.2, -0.15) is 0 Å². The van der Waals surface area contributed by atoms with Gasteiger partial charge in [-0.25, -0.2) is 0 Å². The molecule has 0 aliphatic carbocycles. The van der Waals surface area contributed by atoms with Gasteiger partial charge in [0.25, 0.3) is 0 Å². The van der Waals surface area contributed by atoms with Gasteiger partial charge in [-0.1, -0.05) is 6.92 Å². The van der Waals surface area contributed by atoms with Crippen molar-refractivity contribution >= 4 is 18.3 Å². The molecule has 2 aliphatic rings. The summed E-state index contributed by atoms with van der Waals surface area (Å²) in [6, 6.07) is 0.0539. The van der Waals surface area contributed by atoms with Crippen LogP contribution >= 0.6 is 12.4 Å². The van der Waals surface area contributed by atoms with Gasteiger partial charge < -0.3 is 15.3 Å². The predicted molar refractivity (Wildman–Crippen MR) is 73.9 cm³/mol. The maximum atomic E-state index is 12.2. The summed E-state index contributed by atoms with van der Waals surface area (Å²) in [7, 11) is 0. The van der Waals surface area contributed by atoms with Crippen molar-refractivity contribution < 1.29 is 9.90 Å². The van der Waals surface area contributed by atoms with E-state index in [2.05, 4.69) is 12.2 Å². The molecule has 106 valence electrons. The molecule has 2 rings (SSSR count). The highest BCUT2D eigenvalue weighted by Gasteiger charge is 2.36. The smallest absolute Gasteiger partial charge is 0.239 e. The van der Waals surface area contributed by atoms with E-state index in [0.29, 0.717) is 0 Å². The number of amides is 1. The molecule has 2 N–H and O–H groups in total. The summed E-state index contributed by atoms with van der Waals surface area (Å²) in [6.07, 6.45) is 4.98. The second-order valence-electron chi connectivity index (χ2n) is 5.49. The third kappa shape index (κ3) is 3.16. The van der Waals surface area contributed by atoms with Crippen LogP contribution in [0.1, 0.15) is 39.0 Å². The first-order valence-electron chi connectivity index (χ1n) is 6.84. The molecule has 2 fully saturated rings. The standard InChI is InChI=1S/C13H24N2O2.ClH/c1-2-13(10-16)5-8-15(9-6-13)12(17)11-4-3-7-14-11;/h11,14,16H,2-10H2,1H3;1H. The molecule has 0 saturated carbocycles. The molecule has 0 aromatic rings. The van der Waals surface area contributed by atoms with E-state index in [9.17, 15) is 9.90 Å². The highest BCUT2D eigenvalue weighted by atomic mass is 35.5. The Bertz CT molecular complexity index is 266. The third-order valence-corrected chi connectivity index (χ3v) is 4.58. The average molecular weight is 277 g/mol. The Balaban J connectivity index is 0.00000162. The first-order valence-corrected chi connectivity index (χ1v) is 6.84. The van der Waals surface area contributed by atoms with Crippen LogP contribution in [0.5, 0.6) is 0 Å². The van der Waals surface area contributed by atoms with Gasteiger partial charge in [0, 0.05) is 19.7 Å². The first kappa shape index (κ1) is 15.7. The minimum atomic E-state index is 0. The second kappa shape index (κ2) is 6.73. The third-order valence-electron chi connectivity index (χ3n) is 4.58. The summed E-state index contributed by atoms with van der Waals surface area (Å²) in [4.78, 5) is 14.2. The molecule has 0 aromatic carbocycles. The summed E-state index contributed by atoms with van der Waals surface area (Å²) < 4.78 is 0. The minimum absolute atomic E-state index is 0. The number of aliphatic hydroxyl groups is 1. The van der Waals surface area contributed by atoms with Crippen molar-refractivity contribution in [3.8, 4) is 0 Å². The van der Waals surface area contributed by atoms with Crippen LogP contribution in [0, 0.1) is 5.41 Å². The van der Waals surface area contributed by atoms with Crippen LogP contribution in [0.2, 0.25) is 0 Å². The number of carbonyl (C=O) groups is 1. The van der Waals surface area contributed by atoms with Gasteiger partial charge in [0.2, 0.25) is 5.91 Å². The summed E-state index contributed by atoms with van der Waals surface area (Å²) in [5, 5.41) is 12.7. The maximum Gasteiger partial charge on any atom is 0.239 e. The van der Waals surface area contributed by atoms with Crippen molar-refractivity contribution in [1.29, 1.82) is 0 Å².